The monoisotopic (exact) mass is 347 g/mol. The van der Waals surface area contributed by atoms with Gasteiger partial charge in [0.1, 0.15) is 0 Å². The second-order valence-corrected chi connectivity index (χ2v) is 5.93. The summed E-state index contributed by atoms with van der Waals surface area (Å²) in [7, 11) is 0. The van der Waals surface area contributed by atoms with Crippen LogP contribution in [-0.2, 0) is 11.0 Å². The zero-order valence-corrected chi connectivity index (χ0v) is 13.1. The van der Waals surface area contributed by atoms with Gasteiger partial charge in [-0.05, 0) is 48.6 Å². The quantitative estimate of drug-likeness (QED) is 0.849. The lowest BCUT2D eigenvalue weighted by atomic mass is 9.98. The fourth-order valence-corrected chi connectivity index (χ4v) is 2.63. The van der Waals surface area contributed by atoms with E-state index in [1.165, 1.54) is 18.2 Å². The van der Waals surface area contributed by atoms with Crippen molar-refractivity contribution < 1.29 is 23.1 Å². The molecule has 0 unspecified atom stereocenters. The maximum absolute atomic E-state index is 12.7. The van der Waals surface area contributed by atoms with Gasteiger partial charge in [-0.3, -0.25) is 4.79 Å². The summed E-state index contributed by atoms with van der Waals surface area (Å²) in [5.41, 5.74) is -0.655. The Kier molecular flexibility index (Phi) is 5.70. The van der Waals surface area contributed by atoms with Crippen LogP contribution in [0.15, 0.2) is 24.3 Å². The van der Waals surface area contributed by atoms with Crippen LogP contribution in [0.25, 0.3) is 6.08 Å². The van der Waals surface area contributed by atoms with Crippen molar-refractivity contribution in [3.8, 4) is 0 Å². The minimum atomic E-state index is -4.45. The van der Waals surface area contributed by atoms with Crippen molar-refractivity contribution in [1.29, 1.82) is 0 Å². The van der Waals surface area contributed by atoms with E-state index < -0.39 is 11.7 Å². The molecule has 1 saturated heterocycles. The molecule has 1 aromatic carbocycles. The van der Waals surface area contributed by atoms with Gasteiger partial charge in [0.05, 0.1) is 5.56 Å². The van der Waals surface area contributed by atoms with E-state index in [2.05, 4.69) is 0 Å². The van der Waals surface area contributed by atoms with E-state index in [1.54, 1.807) is 4.90 Å². The smallest absolute Gasteiger partial charge is 0.396 e. The van der Waals surface area contributed by atoms with Crippen LogP contribution in [0.1, 0.15) is 24.0 Å². The fraction of sp³-hybridized carbons (Fsp3) is 0.438. The summed E-state index contributed by atoms with van der Waals surface area (Å²) in [6, 6.07) is 2.99. The maximum atomic E-state index is 12.7. The van der Waals surface area contributed by atoms with Crippen molar-refractivity contribution in [3.63, 3.8) is 0 Å². The van der Waals surface area contributed by atoms with Gasteiger partial charge in [0.15, 0.2) is 0 Å². The summed E-state index contributed by atoms with van der Waals surface area (Å²) >= 11 is 5.88. The molecule has 126 valence electrons. The lowest BCUT2D eigenvalue weighted by Crippen LogP contribution is -2.38. The summed E-state index contributed by atoms with van der Waals surface area (Å²) in [4.78, 5) is 13.7. The fourth-order valence-electron chi connectivity index (χ4n) is 2.45. The summed E-state index contributed by atoms with van der Waals surface area (Å²) in [5, 5.41) is 9.22. The number of carbonyl (C=O) groups is 1. The SMILES string of the molecule is O=C(/C=C/c1cc(C(F)(F)F)ccc1Cl)N1CCC(CO)CC1. The predicted octanol–water partition coefficient (Wildman–Crippen LogP) is 3.60. The van der Waals surface area contributed by atoms with Gasteiger partial charge in [-0.25, -0.2) is 0 Å². The molecule has 0 aliphatic carbocycles. The molecular formula is C16H17ClF3NO2. The molecule has 1 N–H and O–H groups in total. The molecule has 1 aliphatic heterocycles. The van der Waals surface area contributed by atoms with Crippen LogP contribution in [0.2, 0.25) is 5.02 Å². The molecule has 0 atom stereocenters. The number of benzene rings is 1. The van der Waals surface area contributed by atoms with Gasteiger partial charge in [-0.15, -0.1) is 0 Å². The summed E-state index contributed by atoms with van der Waals surface area (Å²) in [5.74, 6) is -0.0594. The van der Waals surface area contributed by atoms with Crippen molar-refractivity contribution in [2.24, 2.45) is 5.92 Å². The van der Waals surface area contributed by atoms with Gasteiger partial charge in [0, 0.05) is 30.8 Å². The van der Waals surface area contributed by atoms with Crippen molar-refractivity contribution in [2.45, 2.75) is 19.0 Å². The lowest BCUT2D eigenvalue weighted by molar-refractivity contribution is -0.137. The predicted molar refractivity (Wildman–Crippen MR) is 81.9 cm³/mol. The Labute approximate surface area is 137 Å². The Morgan fingerprint density at radius 2 is 2.00 bits per heavy atom. The van der Waals surface area contributed by atoms with Crippen LogP contribution in [-0.4, -0.2) is 35.6 Å². The summed E-state index contributed by atoms with van der Waals surface area (Å²) in [6.45, 7) is 1.17. The highest BCUT2D eigenvalue weighted by molar-refractivity contribution is 6.32. The lowest BCUT2D eigenvalue weighted by Gasteiger charge is -2.30. The number of rotatable bonds is 3. The molecule has 0 radical (unpaired) electrons. The van der Waals surface area contributed by atoms with Gasteiger partial charge < -0.3 is 10.0 Å². The van der Waals surface area contributed by atoms with Crippen molar-refractivity contribution in [3.05, 3.63) is 40.4 Å². The first-order chi connectivity index (χ1) is 10.8. The van der Waals surface area contributed by atoms with Crippen molar-refractivity contribution >= 4 is 23.6 Å². The highest BCUT2D eigenvalue weighted by Gasteiger charge is 2.30. The number of likely N-dealkylation sites (tertiary alicyclic amines) is 1. The van der Waals surface area contributed by atoms with Crippen LogP contribution >= 0.6 is 11.6 Å². The Bertz CT molecular complexity index is 593. The normalized spacial score (nSPS) is 17.0. The zero-order valence-electron chi connectivity index (χ0n) is 12.3. The largest absolute Gasteiger partial charge is 0.416 e. The third-order valence-corrected chi connectivity index (χ3v) is 4.26. The van der Waals surface area contributed by atoms with Gasteiger partial charge in [-0.2, -0.15) is 13.2 Å². The second-order valence-electron chi connectivity index (χ2n) is 5.52. The Hall–Kier alpha value is -1.53. The van der Waals surface area contributed by atoms with E-state index in [4.69, 9.17) is 16.7 Å². The molecule has 7 heteroatoms. The molecule has 1 heterocycles. The van der Waals surface area contributed by atoms with Crippen molar-refractivity contribution in [2.75, 3.05) is 19.7 Å². The second kappa shape index (κ2) is 7.36. The van der Waals surface area contributed by atoms with Crippen molar-refractivity contribution in [1.82, 2.24) is 4.90 Å². The first-order valence-corrected chi connectivity index (χ1v) is 7.63. The Balaban J connectivity index is 2.06. The van der Waals surface area contributed by atoms with E-state index >= 15 is 0 Å². The Morgan fingerprint density at radius 3 is 2.57 bits per heavy atom. The van der Waals surface area contributed by atoms with E-state index in [0.717, 1.165) is 25.0 Å². The number of carbonyl (C=O) groups excluding carboxylic acids is 1. The number of nitrogens with zero attached hydrogens (tertiary/aromatic N) is 1. The number of amides is 1. The number of aliphatic hydroxyl groups is 1. The first-order valence-electron chi connectivity index (χ1n) is 7.26. The number of aliphatic hydroxyl groups excluding tert-OH is 1. The van der Waals surface area contributed by atoms with E-state index in [-0.39, 0.29) is 29.0 Å². The Morgan fingerprint density at radius 1 is 1.35 bits per heavy atom. The highest BCUT2D eigenvalue weighted by Crippen LogP contribution is 2.32. The molecule has 23 heavy (non-hydrogen) atoms. The number of hydrogen-bond acceptors (Lipinski definition) is 2. The molecule has 0 bridgehead atoms. The summed E-state index contributed by atoms with van der Waals surface area (Å²) < 4.78 is 38.1. The average Bonchev–Trinajstić information content (AvgIpc) is 2.52. The molecule has 2 rings (SSSR count). The highest BCUT2D eigenvalue weighted by atomic mass is 35.5. The number of alkyl halides is 3. The molecule has 3 nitrogen and oxygen atoms in total. The molecule has 0 saturated carbocycles. The van der Waals surface area contributed by atoms with E-state index in [9.17, 15) is 18.0 Å². The topological polar surface area (TPSA) is 40.5 Å². The van der Waals surface area contributed by atoms with E-state index in [0.29, 0.717) is 13.1 Å². The van der Waals surface area contributed by atoms with Crippen LogP contribution in [0, 0.1) is 5.92 Å². The minimum absolute atomic E-state index is 0.109. The summed E-state index contributed by atoms with van der Waals surface area (Å²) in [6.07, 6.45) is -0.469. The van der Waals surface area contributed by atoms with Gasteiger partial charge >= 0.3 is 6.18 Å². The standard InChI is InChI=1S/C16H17ClF3NO2/c17-14-3-2-13(16(18,19)20)9-12(14)1-4-15(23)21-7-5-11(10-22)6-8-21/h1-4,9,11,22H,5-8,10H2/b4-1+. The van der Waals surface area contributed by atoms with Crippen LogP contribution in [0.5, 0.6) is 0 Å². The number of hydrogen-bond donors (Lipinski definition) is 1. The van der Waals surface area contributed by atoms with Gasteiger partial charge in [-0.1, -0.05) is 11.6 Å². The molecule has 0 aromatic heterocycles. The van der Waals surface area contributed by atoms with Crippen LogP contribution in [0.4, 0.5) is 13.2 Å². The minimum Gasteiger partial charge on any atom is -0.396 e. The molecule has 1 aliphatic rings. The third-order valence-electron chi connectivity index (χ3n) is 3.91. The molecule has 1 aromatic rings. The van der Waals surface area contributed by atoms with Crippen LogP contribution < -0.4 is 0 Å². The zero-order chi connectivity index (χ0) is 17.0. The first kappa shape index (κ1) is 17.8. The average molecular weight is 348 g/mol. The maximum Gasteiger partial charge on any atom is 0.416 e. The number of halogens is 4. The number of piperidine rings is 1. The molecular weight excluding hydrogens is 331 g/mol. The molecule has 1 amide bonds. The van der Waals surface area contributed by atoms with Gasteiger partial charge in [0.2, 0.25) is 5.91 Å². The van der Waals surface area contributed by atoms with E-state index in [1.807, 2.05) is 0 Å². The molecule has 1 fully saturated rings. The van der Waals surface area contributed by atoms with Gasteiger partial charge in [0.25, 0.3) is 0 Å². The van der Waals surface area contributed by atoms with Crippen LogP contribution in [0.3, 0.4) is 0 Å². The molecule has 0 spiro atoms. The third kappa shape index (κ3) is 4.72.